The van der Waals surface area contributed by atoms with Gasteiger partial charge in [-0.15, -0.1) is 0 Å². The lowest BCUT2D eigenvalue weighted by atomic mass is 10.2. The number of ether oxygens (including phenoxy) is 1. The topological polar surface area (TPSA) is 67.5 Å². The van der Waals surface area contributed by atoms with E-state index in [-0.39, 0.29) is 6.61 Å². The molecule has 1 aromatic carbocycles. The van der Waals surface area contributed by atoms with Gasteiger partial charge in [-0.25, -0.2) is 0 Å². The summed E-state index contributed by atoms with van der Waals surface area (Å²) < 4.78 is 10.6. The first-order chi connectivity index (χ1) is 9.63. The van der Waals surface area contributed by atoms with Crippen molar-refractivity contribution < 1.29 is 14.4 Å². The van der Waals surface area contributed by atoms with Crippen molar-refractivity contribution >= 4 is 0 Å². The van der Waals surface area contributed by atoms with Crippen molar-refractivity contribution in [3.05, 3.63) is 47.3 Å². The first kappa shape index (κ1) is 14.6. The molecule has 0 amide bonds. The van der Waals surface area contributed by atoms with Gasteiger partial charge in [-0.2, -0.15) is 0 Å². The van der Waals surface area contributed by atoms with Crippen molar-refractivity contribution in [1.29, 1.82) is 0 Å². The SMILES string of the molecule is Cc1ccc(OCC(O)CNCc2cc(C)no2)cc1. The van der Waals surface area contributed by atoms with Gasteiger partial charge in [0.2, 0.25) is 0 Å². The zero-order valence-corrected chi connectivity index (χ0v) is 11.8. The van der Waals surface area contributed by atoms with Gasteiger partial charge in [-0.05, 0) is 26.0 Å². The maximum absolute atomic E-state index is 9.81. The second kappa shape index (κ2) is 7.07. The Morgan fingerprint density at radius 3 is 2.70 bits per heavy atom. The van der Waals surface area contributed by atoms with Gasteiger partial charge in [0.1, 0.15) is 18.5 Å². The molecule has 0 radical (unpaired) electrons. The summed E-state index contributed by atoms with van der Waals surface area (Å²) in [5.74, 6) is 1.52. The molecule has 1 unspecified atom stereocenters. The van der Waals surface area contributed by atoms with Crippen LogP contribution in [0.5, 0.6) is 5.75 Å². The van der Waals surface area contributed by atoms with Crippen LogP contribution in [-0.4, -0.2) is 29.5 Å². The Morgan fingerprint density at radius 2 is 2.05 bits per heavy atom. The monoisotopic (exact) mass is 276 g/mol. The molecule has 20 heavy (non-hydrogen) atoms. The fourth-order valence-electron chi connectivity index (χ4n) is 1.75. The second-order valence-electron chi connectivity index (χ2n) is 4.84. The minimum atomic E-state index is -0.569. The number of hydrogen-bond acceptors (Lipinski definition) is 5. The summed E-state index contributed by atoms with van der Waals surface area (Å²) in [5.41, 5.74) is 2.03. The molecular weight excluding hydrogens is 256 g/mol. The third kappa shape index (κ3) is 4.68. The van der Waals surface area contributed by atoms with E-state index in [1.165, 1.54) is 5.56 Å². The highest BCUT2D eigenvalue weighted by Crippen LogP contribution is 2.11. The molecule has 0 saturated heterocycles. The van der Waals surface area contributed by atoms with Gasteiger partial charge in [0.25, 0.3) is 0 Å². The van der Waals surface area contributed by atoms with Gasteiger partial charge in [0, 0.05) is 12.6 Å². The van der Waals surface area contributed by atoms with Gasteiger partial charge in [-0.1, -0.05) is 22.9 Å². The van der Waals surface area contributed by atoms with Crippen molar-refractivity contribution in [1.82, 2.24) is 10.5 Å². The molecular formula is C15H20N2O3. The molecule has 2 N–H and O–H groups in total. The van der Waals surface area contributed by atoms with E-state index >= 15 is 0 Å². The Balaban J connectivity index is 1.65. The van der Waals surface area contributed by atoms with Crippen LogP contribution >= 0.6 is 0 Å². The van der Waals surface area contributed by atoms with E-state index in [1.807, 2.05) is 44.2 Å². The number of aryl methyl sites for hydroxylation is 2. The largest absolute Gasteiger partial charge is 0.491 e. The van der Waals surface area contributed by atoms with Gasteiger partial charge in [-0.3, -0.25) is 0 Å². The second-order valence-corrected chi connectivity index (χ2v) is 4.84. The fourth-order valence-corrected chi connectivity index (χ4v) is 1.75. The van der Waals surface area contributed by atoms with Crippen LogP contribution in [0.3, 0.4) is 0 Å². The lowest BCUT2D eigenvalue weighted by Gasteiger charge is -2.12. The van der Waals surface area contributed by atoms with E-state index in [0.717, 1.165) is 17.2 Å². The number of hydrogen-bond donors (Lipinski definition) is 2. The molecule has 0 saturated carbocycles. The lowest BCUT2D eigenvalue weighted by Crippen LogP contribution is -2.31. The van der Waals surface area contributed by atoms with E-state index in [2.05, 4.69) is 10.5 Å². The van der Waals surface area contributed by atoms with E-state index in [9.17, 15) is 5.11 Å². The Bertz CT molecular complexity index is 522. The summed E-state index contributed by atoms with van der Waals surface area (Å²) in [6.07, 6.45) is -0.569. The molecule has 1 aromatic heterocycles. The van der Waals surface area contributed by atoms with Gasteiger partial charge >= 0.3 is 0 Å². The highest BCUT2D eigenvalue weighted by Gasteiger charge is 2.06. The van der Waals surface area contributed by atoms with Crippen LogP contribution in [0.4, 0.5) is 0 Å². The minimum absolute atomic E-state index is 0.255. The van der Waals surface area contributed by atoms with Crippen molar-refractivity contribution in [3.63, 3.8) is 0 Å². The average molecular weight is 276 g/mol. The van der Waals surface area contributed by atoms with Gasteiger partial charge in [0.05, 0.1) is 12.2 Å². The molecule has 2 aromatic rings. The third-order valence-electron chi connectivity index (χ3n) is 2.82. The molecule has 108 valence electrons. The normalized spacial score (nSPS) is 12.3. The lowest BCUT2D eigenvalue weighted by molar-refractivity contribution is 0.105. The van der Waals surface area contributed by atoms with Gasteiger partial charge < -0.3 is 19.7 Å². The zero-order chi connectivity index (χ0) is 14.4. The number of aromatic nitrogens is 1. The number of nitrogens with one attached hydrogen (secondary N) is 1. The van der Waals surface area contributed by atoms with Crippen LogP contribution < -0.4 is 10.1 Å². The molecule has 2 rings (SSSR count). The molecule has 0 aliphatic carbocycles. The van der Waals surface area contributed by atoms with Crippen LogP contribution in [0.2, 0.25) is 0 Å². The predicted octanol–water partition coefficient (Wildman–Crippen LogP) is 1.82. The smallest absolute Gasteiger partial charge is 0.150 e. The Labute approximate surface area is 118 Å². The summed E-state index contributed by atoms with van der Waals surface area (Å²) in [6, 6.07) is 9.61. The third-order valence-corrected chi connectivity index (χ3v) is 2.82. The minimum Gasteiger partial charge on any atom is -0.491 e. The summed E-state index contributed by atoms with van der Waals surface area (Å²) in [6.45, 7) is 5.13. The van der Waals surface area contributed by atoms with Crippen molar-refractivity contribution in [2.45, 2.75) is 26.5 Å². The molecule has 5 heteroatoms. The summed E-state index contributed by atoms with van der Waals surface area (Å²) >= 11 is 0. The standard InChI is InChI=1S/C15H20N2O3/c1-11-3-5-14(6-4-11)19-10-13(18)8-16-9-15-7-12(2)17-20-15/h3-7,13,16,18H,8-10H2,1-2H3. The van der Waals surface area contributed by atoms with E-state index < -0.39 is 6.10 Å². The van der Waals surface area contributed by atoms with Crippen LogP contribution in [0.1, 0.15) is 17.0 Å². The summed E-state index contributed by atoms with van der Waals surface area (Å²) in [7, 11) is 0. The maximum atomic E-state index is 9.81. The molecule has 0 aliphatic rings. The van der Waals surface area contributed by atoms with Crippen LogP contribution in [0.25, 0.3) is 0 Å². The highest BCUT2D eigenvalue weighted by molar-refractivity contribution is 5.26. The summed E-state index contributed by atoms with van der Waals surface area (Å²) in [4.78, 5) is 0. The zero-order valence-electron chi connectivity index (χ0n) is 11.8. The molecule has 0 spiro atoms. The van der Waals surface area contributed by atoms with E-state index in [0.29, 0.717) is 13.1 Å². The average Bonchev–Trinajstić information content (AvgIpc) is 2.84. The number of aliphatic hydroxyl groups excluding tert-OH is 1. The van der Waals surface area contributed by atoms with E-state index in [4.69, 9.17) is 9.26 Å². The predicted molar refractivity (Wildman–Crippen MR) is 75.6 cm³/mol. The Hall–Kier alpha value is -1.85. The number of benzene rings is 1. The molecule has 0 fully saturated rings. The van der Waals surface area contributed by atoms with Crippen LogP contribution in [0, 0.1) is 13.8 Å². The molecule has 0 bridgehead atoms. The number of nitrogens with zero attached hydrogens (tertiary/aromatic N) is 1. The molecule has 1 atom stereocenters. The van der Waals surface area contributed by atoms with Crippen molar-refractivity contribution in [2.24, 2.45) is 0 Å². The van der Waals surface area contributed by atoms with Crippen molar-refractivity contribution in [2.75, 3.05) is 13.2 Å². The molecule has 5 nitrogen and oxygen atoms in total. The van der Waals surface area contributed by atoms with E-state index in [1.54, 1.807) is 0 Å². The number of rotatable bonds is 7. The molecule has 1 heterocycles. The quantitative estimate of drug-likeness (QED) is 0.807. The molecule has 0 aliphatic heterocycles. The highest BCUT2D eigenvalue weighted by atomic mass is 16.5. The van der Waals surface area contributed by atoms with Crippen molar-refractivity contribution in [3.8, 4) is 5.75 Å². The number of aliphatic hydroxyl groups is 1. The first-order valence-corrected chi connectivity index (χ1v) is 6.64. The summed E-state index contributed by atoms with van der Waals surface area (Å²) in [5, 5.41) is 16.7. The Morgan fingerprint density at radius 1 is 1.30 bits per heavy atom. The fraction of sp³-hybridized carbons (Fsp3) is 0.400. The van der Waals surface area contributed by atoms with Gasteiger partial charge in [0.15, 0.2) is 5.76 Å². The first-order valence-electron chi connectivity index (χ1n) is 6.64. The maximum Gasteiger partial charge on any atom is 0.150 e. The van der Waals surface area contributed by atoms with Crippen LogP contribution in [-0.2, 0) is 6.54 Å². The van der Waals surface area contributed by atoms with Crippen LogP contribution in [0.15, 0.2) is 34.9 Å². The Kier molecular flexibility index (Phi) is 5.15.